The molecular formula is C15H15ClFNO. The Labute approximate surface area is 117 Å². The van der Waals surface area contributed by atoms with E-state index in [0.29, 0.717) is 22.9 Å². The molecule has 0 aliphatic heterocycles. The van der Waals surface area contributed by atoms with Gasteiger partial charge in [-0.2, -0.15) is 0 Å². The summed E-state index contributed by atoms with van der Waals surface area (Å²) in [6.07, 6.45) is -0.276. The molecular weight excluding hydrogens is 265 g/mol. The van der Waals surface area contributed by atoms with Gasteiger partial charge in [-0.1, -0.05) is 23.7 Å². The molecule has 2 N–H and O–H groups in total. The van der Waals surface area contributed by atoms with Gasteiger partial charge in [-0.25, -0.2) is 4.39 Å². The normalized spacial score (nSPS) is 12.2. The molecule has 0 heterocycles. The van der Waals surface area contributed by atoms with Crippen LogP contribution < -0.4 is 10.5 Å². The molecule has 1 unspecified atom stereocenters. The summed E-state index contributed by atoms with van der Waals surface area (Å²) in [4.78, 5) is 0. The van der Waals surface area contributed by atoms with Crippen molar-refractivity contribution in [3.63, 3.8) is 0 Å². The van der Waals surface area contributed by atoms with Crippen LogP contribution in [-0.4, -0.2) is 6.54 Å². The van der Waals surface area contributed by atoms with Crippen LogP contribution in [0.1, 0.15) is 17.2 Å². The molecule has 0 aliphatic carbocycles. The lowest BCUT2D eigenvalue weighted by Crippen LogP contribution is -2.18. The van der Waals surface area contributed by atoms with E-state index in [1.165, 1.54) is 6.07 Å². The van der Waals surface area contributed by atoms with Crippen molar-refractivity contribution in [2.45, 2.75) is 13.0 Å². The van der Waals surface area contributed by atoms with Crippen molar-refractivity contribution >= 4 is 11.6 Å². The van der Waals surface area contributed by atoms with Gasteiger partial charge in [0, 0.05) is 11.6 Å². The van der Waals surface area contributed by atoms with E-state index in [1.54, 1.807) is 31.2 Å². The van der Waals surface area contributed by atoms with Crippen LogP contribution in [-0.2, 0) is 0 Å². The van der Waals surface area contributed by atoms with E-state index in [0.717, 1.165) is 5.56 Å². The first-order valence-corrected chi connectivity index (χ1v) is 6.36. The smallest absolute Gasteiger partial charge is 0.136 e. The summed E-state index contributed by atoms with van der Waals surface area (Å²) >= 11 is 5.84. The zero-order valence-corrected chi connectivity index (χ0v) is 11.3. The number of ether oxygens (including phenoxy) is 1. The summed E-state index contributed by atoms with van der Waals surface area (Å²) in [7, 11) is 0. The molecule has 1 atom stereocenters. The monoisotopic (exact) mass is 279 g/mol. The number of aryl methyl sites for hydroxylation is 1. The Bertz CT molecular complexity index is 557. The lowest BCUT2D eigenvalue weighted by atomic mass is 10.1. The van der Waals surface area contributed by atoms with Gasteiger partial charge in [-0.05, 0) is 48.4 Å². The van der Waals surface area contributed by atoms with Crippen molar-refractivity contribution in [1.82, 2.24) is 0 Å². The lowest BCUT2D eigenvalue weighted by Gasteiger charge is -2.18. The average molecular weight is 280 g/mol. The highest BCUT2D eigenvalue weighted by molar-refractivity contribution is 6.30. The Morgan fingerprint density at radius 3 is 2.47 bits per heavy atom. The molecule has 0 radical (unpaired) electrons. The van der Waals surface area contributed by atoms with Crippen molar-refractivity contribution in [3.8, 4) is 5.75 Å². The molecule has 0 saturated carbocycles. The van der Waals surface area contributed by atoms with Crippen molar-refractivity contribution < 1.29 is 9.13 Å². The molecule has 2 rings (SSSR count). The number of benzene rings is 2. The molecule has 0 saturated heterocycles. The van der Waals surface area contributed by atoms with Crippen molar-refractivity contribution in [2.75, 3.05) is 6.54 Å². The molecule has 2 aromatic rings. The maximum atomic E-state index is 13.2. The van der Waals surface area contributed by atoms with Gasteiger partial charge < -0.3 is 10.5 Å². The molecule has 0 aliphatic rings. The zero-order chi connectivity index (χ0) is 13.8. The summed E-state index contributed by atoms with van der Waals surface area (Å²) in [5, 5.41) is 0.664. The van der Waals surface area contributed by atoms with E-state index in [-0.39, 0.29) is 11.9 Å². The highest BCUT2D eigenvalue weighted by Crippen LogP contribution is 2.24. The largest absolute Gasteiger partial charge is 0.484 e. The number of halogens is 2. The third-order valence-electron chi connectivity index (χ3n) is 2.86. The lowest BCUT2D eigenvalue weighted by molar-refractivity contribution is 0.214. The third-order valence-corrected chi connectivity index (χ3v) is 3.12. The maximum absolute atomic E-state index is 13.2. The molecule has 4 heteroatoms. The van der Waals surface area contributed by atoms with Crippen LogP contribution in [0.3, 0.4) is 0 Å². The minimum atomic E-state index is -0.276. The molecule has 0 fully saturated rings. The molecule has 100 valence electrons. The van der Waals surface area contributed by atoms with Gasteiger partial charge in [0.25, 0.3) is 0 Å². The molecule has 0 bridgehead atoms. The molecule has 19 heavy (non-hydrogen) atoms. The van der Waals surface area contributed by atoms with E-state index < -0.39 is 0 Å². The van der Waals surface area contributed by atoms with Crippen LogP contribution in [0.5, 0.6) is 5.75 Å². The summed E-state index contributed by atoms with van der Waals surface area (Å²) in [6.45, 7) is 2.03. The highest BCUT2D eigenvalue weighted by Gasteiger charge is 2.12. The Morgan fingerprint density at radius 2 is 1.89 bits per heavy atom. The predicted molar refractivity (Wildman–Crippen MR) is 75.0 cm³/mol. The number of rotatable bonds is 4. The molecule has 0 aromatic heterocycles. The highest BCUT2D eigenvalue weighted by atomic mass is 35.5. The molecule has 0 spiro atoms. The van der Waals surface area contributed by atoms with Crippen molar-refractivity contribution in [2.24, 2.45) is 5.73 Å². The van der Waals surface area contributed by atoms with Crippen molar-refractivity contribution in [1.29, 1.82) is 0 Å². The molecule has 2 aromatic carbocycles. The minimum Gasteiger partial charge on any atom is -0.484 e. The summed E-state index contributed by atoms with van der Waals surface area (Å²) in [5.74, 6) is 0.354. The maximum Gasteiger partial charge on any atom is 0.136 e. The first kappa shape index (κ1) is 13.8. The van der Waals surface area contributed by atoms with Gasteiger partial charge in [-0.3, -0.25) is 0 Å². The van der Waals surface area contributed by atoms with Crippen LogP contribution in [0.2, 0.25) is 5.02 Å². The first-order chi connectivity index (χ1) is 9.10. The number of nitrogens with two attached hydrogens (primary N) is 1. The van der Waals surface area contributed by atoms with Crippen LogP contribution >= 0.6 is 11.6 Å². The number of hydrogen-bond donors (Lipinski definition) is 1. The van der Waals surface area contributed by atoms with E-state index in [4.69, 9.17) is 22.1 Å². The Morgan fingerprint density at radius 1 is 1.21 bits per heavy atom. The fraction of sp³-hybridized carbons (Fsp3) is 0.200. The van der Waals surface area contributed by atoms with Crippen LogP contribution in [0.15, 0.2) is 42.5 Å². The predicted octanol–water partition coefficient (Wildman–Crippen LogP) is 3.87. The van der Waals surface area contributed by atoms with Crippen LogP contribution in [0.4, 0.5) is 4.39 Å². The Hall–Kier alpha value is -1.58. The van der Waals surface area contributed by atoms with E-state index >= 15 is 0 Å². The van der Waals surface area contributed by atoms with E-state index in [2.05, 4.69) is 0 Å². The second kappa shape index (κ2) is 6.04. The fourth-order valence-electron chi connectivity index (χ4n) is 1.78. The van der Waals surface area contributed by atoms with E-state index in [9.17, 15) is 4.39 Å². The minimum absolute atomic E-state index is 0.247. The Kier molecular flexibility index (Phi) is 4.40. The first-order valence-electron chi connectivity index (χ1n) is 5.98. The topological polar surface area (TPSA) is 35.2 Å². The van der Waals surface area contributed by atoms with Gasteiger partial charge in [-0.15, -0.1) is 0 Å². The van der Waals surface area contributed by atoms with Gasteiger partial charge in [0.15, 0.2) is 0 Å². The zero-order valence-electron chi connectivity index (χ0n) is 10.6. The molecule has 0 amide bonds. The van der Waals surface area contributed by atoms with Gasteiger partial charge in [0.2, 0.25) is 0 Å². The van der Waals surface area contributed by atoms with Gasteiger partial charge >= 0.3 is 0 Å². The second-order valence-corrected chi connectivity index (χ2v) is 4.74. The Balaban J connectivity index is 2.18. The average Bonchev–Trinajstić information content (AvgIpc) is 2.41. The third kappa shape index (κ3) is 3.46. The van der Waals surface area contributed by atoms with Gasteiger partial charge in [0.1, 0.15) is 17.7 Å². The summed E-state index contributed by atoms with van der Waals surface area (Å²) < 4.78 is 19.0. The summed E-state index contributed by atoms with van der Waals surface area (Å²) in [6, 6.07) is 12.0. The SMILES string of the molecule is Cc1cc(OC(CN)c2ccc(Cl)cc2)ccc1F. The molecule has 2 nitrogen and oxygen atoms in total. The second-order valence-electron chi connectivity index (χ2n) is 4.30. The van der Waals surface area contributed by atoms with Crippen LogP contribution in [0, 0.1) is 12.7 Å². The van der Waals surface area contributed by atoms with Crippen LogP contribution in [0.25, 0.3) is 0 Å². The summed E-state index contributed by atoms with van der Waals surface area (Å²) in [5.41, 5.74) is 7.21. The quantitative estimate of drug-likeness (QED) is 0.922. The standard InChI is InChI=1S/C15H15ClFNO/c1-10-8-13(6-7-14(10)17)19-15(9-18)11-2-4-12(16)5-3-11/h2-8,15H,9,18H2,1H3. The number of hydrogen-bond acceptors (Lipinski definition) is 2. The van der Waals surface area contributed by atoms with Gasteiger partial charge in [0.05, 0.1) is 0 Å². The fourth-order valence-corrected chi connectivity index (χ4v) is 1.91. The van der Waals surface area contributed by atoms with E-state index in [1.807, 2.05) is 12.1 Å². The van der Waals surface area contributed by atoms with Crippen molar-refractivity contribution in [3.05, 3.63) is 64.4 Å².